The molecule has 3 rings (SSSR count). The number of rotatable bonds is 5. The van der Waals surface area contributed by atoms with Crippen LogP contribution in [-0.2, 0) is 20.0 Å². The first kappa shape index (κ1) is 21.5. The Balaban J connectivity index is 1.77. The molecule has 29 heavy (non-hydrogen) atoms. The largest absolute Gasteiger partial charge is 0.244 e. The quantitative estimate of drug-likeness (QED) is 0.721. The zero-order valence-corrected chi connectivity index (χ0v) is 17.9. The van der Waals surface area contributed by atoms with E-state index in [4.69, 9.17) is 0 Å². The standard InChI is InChI=1S/C20H23N3O4S2/c1-16(2)17-7-9-19(10-8-17)28(24,25)22-11-13-23(14-12-22)29(26,27)20-6-4-3-5-18(20)15-21/h3-10,16H,11-14H2,1-2H3. The minimum Gasteiger partial charge on any atom is -0.207 e. The van der Waals surface area contributed by atoms with Gasteiger partial charge in [-0.15, -0.1) is 0 Å². The molecule has 0 atom stereocenters. The van der Waals surface area contributed by atoms with Gasteiger partial charge >= 0.3 is 0 Å². The van der Waals surface area contributed by atoms with Crippen LogP contribution in [-0.4, -0.2) is 51.6 Å². The van der Waals surface area contributed by atoms with Crippen LogP contribution in [0.2, 0.25) is 0 Å². The third-order valence-corrected chi connectivity index (χ3v) is 8.88. The van der Waals surface area contributed by atoms with Gasteiger partial charge < -0.3 is 0 Å². The van der Waals surface area contributed by atoms with E-state index in [9.17, 15) is 22.1 Å². The van der Waals surface area contributed by atoms with Crippen LogP contribution < -0.4 is 0 Å². The summed E-state index contributed by atoms with van der Waals surface area (Å²) < 4.78 is 54.2. The summed E-state index contributed by atoms with van der Waals surface area (Å²) >= 11 is 0. The Morgan fingerprint density at radius 1 is 0.828 bits per heavy atom. The lowest BCUT2D eigenvalue weighted by Gasteiger charge is -2.33. The van der Waals surface area contributed by atoms with Gasteiger partial charge in [-0.2, -0.15) is 13.9 Å². The summed E-state index contributed by atoms with van der Waals surface area (Å²) in [5.74, 6) is 0.303. The third-order valence-electron chi connectivity index (χ3n) is 5.01. The van der Waals surface area contributed by atoms with Crippen molar-refractivity contribution in [2.75, 3.05) is 26.2 Å². The summed E-state index contributed by atoms with van der Waals surface area (Å²) in [6.07, 6.45) is 0. The molecule has 1 heterocycles. The van der Waals surface area contributed by atoms with Crippen LogP contribution in [0.5, 0.6) is 0 Å². The van der Waals surface area contributed by atoms with Gasteiger partial charge in [0.2, 0.25) is 20.0 Å². The number of piperazine rings is 1. The molecule has 0 N–H and O–H groups in total. The molecule has 2 aromatic rings. The van der Waals surface area contributed by atoms with E-state index in [1.807, 2.05) is 19.9 Å². The van der Waals surface area contributed by atoms with Crippen LogP contribution >= 0.6 is 0 Å². The fourth-order valence-electron chi connectivity index (χ4n) is 3.25. The average molecular weight is 434 g/mol. The van der Waals surface area contributed by atoms with Crippen LogP contribution in [0.1, 0.15) is 30.9 Å². The summed E-state index contributed by atoms with van der Waals surface area (Å²) in [4.78, 5) is 0.149. The highest BCUT2D eigenvalue weighted by atomic mass is 32.2. The van der Waals surface area contributed by atoms with Gasteiger partial charge in [-0.3, -0.25) is 0 Å². The van der Waals surface area contributed by atoms with E-state index >= 15 is 0 Å². The van der Waals surface area contributed by atoms with E-state index in [1.165, 1.54) is 20.7 Å². The Labute approximate surface area is 172 Å². The first-order valence-electron chi connectivity index (χ1n) is 9.27. The molecule has 0 bridgehead atoms. The van der Waals surface area contributed by atoms with Crippen LogP contribution in [0.25, 0.3) is 0 Å². The molecule has 0 unspecified atom stereocenters. The lowest BCUT2D eigenvalue weighted by atomic mass is 10.0. The van der Waals surface area contributed by atoms with Crippen molar-refractivity contribution in [1.82, 2.24) is 8.61 Å². The highest BCUT2D eigenvalue weighted by Gasteiger charge is 2.34. The van der Waals surface area contributed by atoms with E-state index < -0.39 is 20.0 Å². The van der Waals surface area contributed by atoms with E-state index in [0.29, 0.717) is 5.92 Å². The molecule has 0 amide bonds. The smallest absolute Gasteiger partial charge is 0.207 e. The fraction of sp³-hybridized carbons (Fsp3) is 0.350. The average Bonchev–Trinajstić information content (AvgIpc) is 2.73. The number of hydrogen-bond acceptors (Lipinski definition) is 5. The predicted octanol–water partition coefficient (Wildman–Crippen LogP) is 2.38. The van der Waals surface area contributed by atoms with Crippen molar-refractivity contribution in [3.05, 3.63) is 59.7 Å². The number of hydrogen-bond donors (Lipinski definition) is 0. The van der Waals surface area contributed by atoms with Crippen molar-refractivity contribution in [3.8, 4) is 6.07 Å². The number of nitriles is 1. The summed E-state index contributed by atoms with van der Waals surface area (Å²) in [6.45, 7) is 4.25. The van der Waals surface area contributed by atoms with Crippen molar-refractivity contribution < 1.29 is 16.8 Å². The molecule has 0 spiro atoms. The Hall–Kier alpha value is -2.25. The number of benzene rings is 2. The third kappa shape index (κ3) is 4.21. The molecule has 0 radical (unpaired) electrons. The first-order chi connectivity index (χ1) is 13.7. The molecule has 0 aliphatic carbocycles. The van der Waals surface area contributed by atoms with Gasteiger partial charge in [-0.05, 0) is 35.7 Å². The van der Waals surface area contributed by atoms with E-state index in [1.54, 1.807) is 36.4 Å². The minimum atomic E-state index is -3.86. The molecule has 0 aromatic heterocycles. The second-order valence-electron chi connectivity index (χ2n) is 7.14. The van der Waals surface area contributed by atoms with E-state index in [0.717, 1.165) is 5.56 Å². The van der Waals surface area contributed by atoms with E-state index in [-0.39, 0.29) is 41.5 Å². The molecule has 1 aliphatic rings. The van der Waals surface area contributed by atoms with Crippen LogP contribution in [0.4, 0.5) is 0 Å². The van der Waals surface area contributed by atoms with Crippen LogP contribution in [0.15, 0.2) is 58.3 Å². The molecule has 1 aliphatic heterocycles. The van der Waals surface area contributed by atoms with Crippen molar-refractivity contribution >= 4 is 20.0 Å². The molecule has 2 aromatic carbocycles. The fourth-order valence-corrected chi connectivity index (χ4v) is 6.23. The van der Waals surface area contributed by atoms with Gasteiger partial charge in [0.05, 0.1) is 15.4 Å². The Kier molecular flexibility index (Phi) is 6.10. The monoisotopic (exact) mass is 433 g/mol. The van der Waals surface area contributed by atoms with Crippen LogP contribution in [0, 0.1) is 11.3 Å². The lowest BCUT2D eigenvalue weighted by Crippen LogP contribution is -2.50. The van der Waals surface area contributed by atoms with Crippen molar-refractivity contribution in [3.63, 3.8) is 0 Å². The number of sulfonamides is 2. The topological polar surface area (TPSA) is 98.6 Å². The maximum atomic E-state index is 12.9. The van der Waals surface area contributed by atoms with Crippen molar-refractivity contribution in [2.45, 2.75) is 29.6 Å². The molecule has 1 fully saturated rings. The van der Waals surface area contributed by atoms with Gasteiger partial charge in [-0.25, -0.2) is 16.8 Å². The Bertz CT molecular complexity index is 1130. The molecular weight excluding hydrogens is 410 g/mol. The summed E-state index contributed by atoms with van der Waals surface area (Å²) in [5.41, 5.74) is 1.13. The molecular formula is C20H23N3O4S2. The minimum absolute atomic E-state index is 0.0331. The van der Waals surface area contributed by atoms with Gasteiger partial charge in [0.15, 0.2) is 0 Å². The second-order valence-corrected chi connectivity index (χ2v) is 11.0. The SMILES string of the molecule is CC(C)c1ccc(S(=O)(=O)N2CCN(S(=O)(=O)c3ccccc3C#N)CC2)cc1. The number of nitrogens with zero attached hydrogens (tertiary/aromatic N) is 3. The van der Waals surface area contributed by atoms with Gasteiger partial charge in [0, 0.05) is 26.2 Å². The Morgan fingerprint density at radius 3 is 1.86 bits per heavy atom. The normalized spacial score (nSPS) is 16.6. The van der Waals surface area contributed by atoms with Crippen molar-refractivity contribution in [2.24, 2.45) is 0 Å². The second kappa shape index (κ2) is 8.24. The predicted molar refractivity (Wildman–Crippen MR) is 109 cm³/mol. The maximum Gasteiger partial charge on any atom is 0.244 e. The summed E-state index contributed by atoms with van der Waals surface area (Å²) in [6, 6.07) is 14.7. The zero-order chi connectivity index (χ0) is 21.2. The summed E-state index contributed by atoms with van der Waals surface area (Å²) in [7, 11) is -7.56. The zero-order valence-electron chi connectivity index (χ0n) is 16.3. The highest BCUT2D eigenvalue weighted by molar-refractivity contribution is 7.89. The molecule has 0 saturated carbocycles. The van der Waals surface area contributed by atoms with Gasteiger partial charge in [0.25, 0.3) is 0 Å². The van der Waals surface area contributed by atoms with Gasteiger partial charge in [-0.1, -0.05) is 38.1 Å². The van der Waals surface area contributed by atoms with Crippen LogP contribution in [0.3, 0.4) is 0 Å². The lowest BCUT2D eigenvalue weighted by molar-refractivity contribution is 0.273. The highest BCUT2D eigenvalue weighted by Crippen LogP contribution is 2.24. The maximum absolute atomic E-state index is 12.9. The van der Waals surface area contributed by atoms with E-state index in [2.05, 4.69) is 0 Å². The Morgan fingerprint density at radius 2 is 1.34 bits per heavy atom. The molecule has 7 nitrogen and oxygen atoms in total. The molecule has 9 heteroatoms. The molecule has 154 valence electrons. The first-order valence-corrected chi connectivity index (χ1v) is 12.2. The molecule has 1 saturated heterocycles. The van der Waals surface area contributed by atoms with Gasteiger partial charge in [0.1, 0.15) is 6.07 Å². The summed E-state index contributed by atoms with van der Waals surface area (Å²) in [5, 5.41) is 9.19. The van der Waals surface area contributed by atoms with Crippen molar-refractivity contribution in [1.29, 1.82) is 5.26 Å².